The zero-order chi connectivity index (χ0) is 23.2. The molecule has 0 bridgehead atoms. The maximum Gasteiger partial charge on any atom is 0.307 e. The molecule has 2 unspecified atom stereocenters. The van der Waals surface area contributed by atoms with Gasteiger partial charge >= 0.3 is 5.97 Å². The fourth-order valence-corrected chi connectivity index (χ4v) is 4.64. The third-order valence-corrected chi connectivity index (χ3v) is 6.31. The van der Waals surface area contributed by atoms with Crippen molar-refractivity contribution in [3.8, 4) is 11.5 Å². The summed E-state index contributed by atoms with van der Waals surface area (Å²) in [5.74, 6) is 0.182. The van der Waals surface area contributed by atoms with Gasteiger partial charge in [-0.15, -0.1) is 0 Å². The third kappa shape index (κ3) is 5.67. The highest BCUT2D eigenvalue weighted by atomic mass is 35.5. The highest BCUT2D eigenvalue weighted by molar-refractivity contribution is 6.30. The van der Waals surface area contributed by atoms with Crippen LogP contribution in [-0.2, 0) is 11.4 Å². The minimum atomic E-state index is -0.744. The van der Waals surface area contributed by atoms with Crippen molar-refractivity contribution in [3.05, 3.63) is 94.5 Å². The normalized spacial score (nSPS) is 17.3. The number of carboxylic acids is 1. The van der Waals surface area contributed by atoms with Crippen LogP contribution in [0, 0.1) is 5.92 Å². The number of hydrogen-bond donors (Lipinski definition) is 1. The van der Waals surface area contributed by atoms with Gasteiger partial charge in [0.2, 0.25) is 0 Å². The van der Waals surface area contributed by atoms with Crippen LogP contribution in [0.4, 0.5) is 0 Å². The molecular weight excluding hydrogens is 438 g/mol. The van der Waals surface area contributed by atoms with Gasteiger partial charge in [-0.05, 0) is 60.3 Å². The van der Waals surface area contributed by atoms with Crippen molar-refractivity contribution < 1.29 is 19.4 Å². The molecule has 1 N–H and O–H groups in total. The number of piperidine rings is 1. The second kappa shape index (κ2) is 10.7. The van der Waals surface area contributed by atoms with E-state index in [0.29, 0.717) is 36.1 Å². The van der Waals surface area contributed by atoms with Crippen LogP contribution in [0.15, 0.2) is 72.8 Å². The van der Waals surface area contributed by atoms with Gasteiger partial charge in [-0.2, -0.15) is 0 Å². The number of carboxylic acid groups (broad SMARTS) is 1. The van der Waals surface area contributed by atoms with Crippen molar-refractivity contribution in [2.45, 2.75) is 25.5 Å². The van der Waals surface area contributed by atoms with Crippen LogP contribution in [0.1, 0.15) is 35.6 Å². The summed E-state index contributed by atoms with van der Waals surface area (Å²) in [6.07, 6.45) is 1.53. The molecule has 0 amide bonds. The molecule has 172 valence electrons. The monoisotopic (exact) mass is 465 g/mol. The van der Waals surface area contributed by atoms with Crippen LogP contribution in [0.3, 0.4) is 0 Å². The molecule has 3 aromatic rings. The Morgan fingerprint density at radius 3 is 2.58 bits per heavy atom. The number of hydrogen-bond acceptors (Lipinski definition) is 4. The number of halogens is 1. The van der Waals surface area contributed by atoms with Crippen molar-refractivity contribution in [3.63, 3.8) is 0 Å². The molecule has 33 heavy (non-hydrogen) atoms. The van der Waals surface area contributed by atoms with Crippen molar-refractivity contribution >= 4 is 17.6 Å². The van der Waals surface area contributed by atoms with E-state index in [1.165, 1.54) is 0 Å². The Morgan fingerprint density at radius 2 is 1.85 bits per heavy atom. The molecule has 0 radical (unpaired) electrons. The van der Waals surface area contributed by atoms with Crippen molar-refractivity contribution in [2.24, 2.45) is 5.92 Å². The number of nitrogens with zero attached hydrogens (tertiary/aromatic N) is 1. The molecule has 1 saturated heterocycles. The number of methoxy groups -OCH3 is 1. The molecule has 0 aliphatic carbocycles. The van der Waals surface area contributed by atoms with E-state index in [1.54, 1.807) is 7.11 Å². The van der Waals surface area contributed by atoms with Gasteiger partial charge in [0.05, 0.1) is 19.1 Å². The average molecular weight is 466 g/mol. The molecule has 1 fully saturated rings. The van der Waals surface area contributed by atoms with E-state index in [4.69, 9.17) is 21.1 Å². The Labute approximate surface area is 199 Å². The summed E-state index contributed by atoms with van der Waals surface area (Å²) in [5, 5.41) is 10.3. The average Bonchev–Trinajstić information content (AvgIpc) is 2.84. The lowest BCUT2D eigenvalue weighted by Crippen LogP contribution is -2.41. The smallest absolute Gasteiger partial charge is 0.307 e. The summed E-state index contributed by atoms with van der Waals surface area (Å²) >= 11 is 6.32. The fourth-order valence-electron chi connectivity index (χ4n) is 4.44. The van der Waals surface area contributed by atoms with E-state index >= 15 is 0 Å². The molecule has 1 aliphatic rings. The van der Waals surface area contributed by atoms with Crippen LogP contribution in [0.25, 0.3) is 0 Å². The maximum atomic E-state index is 11.7. The van der Waals surface area contributed by atoms with E-state index < -0.39 is 5.97 Å². The first-order valence-electron chi connectivity index (χ1n) is 11.1. The lowest BCUT2D eigenvalue weighted by atomic mass is 9.91. The van der Waals surface area contributed by atoms with E-state index in [1.807, 2.05) is 72.8 Å². The highest BCUT2D eigenvalue weighted by Crippen LogP contribution is 2.38. The molecule has 3 aromatic carbocycles. The van der Waals surface area contributed by atoms with Crippen LogP contribution in [0.2, 0.25) is 5.02 Å². The summed E-state index contributed by atoms with van der Waals surface area (Å²) in [6, 6.07) is 23.5. The van der Waals surface area contributed by atoms with Crippen LogP contribution >= 0.6 is 11.6 Å². The molecule has 1 aliphatic heterocycles. The Bertz CT molecular complexity index is 1090. The summed E-state index contributed by atoms with van der Waals surface area (Å²) in [4.78, 5) is 13.9. The Kier molecular flexibility index (Phi) is 7.53. The number of ether oxygens (including phenoxy) is 2. The largest absolute Gasteiger partial charge is 0.493 e. The van der Waals surface area contributed by atoms with Crippen molar-refractivity contribution in [2.75, 3.05) is 20.2 Å². The van der Waals surface area contributed by atoms with Crippen molar-refractivity contribution in [1.29, 1.82) is 0 Å². The molecule has 4 rings (SSSR count). The van der Waals surface area contributed by atoms with Gasteiger partial charge in [0, 0.05) is 11.6 Å². The predicted octanol–water partition coefficient (Wildman–Crippen LogP) is 5.81. The molecule has 0 saturated carbocycles. The molecule has 1 heterocycles. The SMILES string of the molecule is COc1cc(C(c2cccc(Cl)c2)N2CCCC(C(=O)O)C2)ccc1OCc1ccccc1. The first-order chi connectivity index (χ1) is 16.0. The molecule has 2 atom stereocenters. The van der Waals surface area contributed by atoms with Gasteiger partial charge in [0.15, 0.2) is 11.5 Å². The first-order valence-corrected chi connectivity index (χ1v) is 11.5. The van der Waals surface area contributed by atoms with Gasteiger partial charge in [-0.25, -0.2) is 0 Å². The Morgan fingerprint density at radius 1 is 1.06 bits per heavy atom. The van der Waals surface area contributed by atoms with Gasteiger partial charge in [0.25, 0.3) is 0 Å². The minimum Gasteiger partial charge on any atom is -0.493 e. The van der Waals surface area contributed by atoms with E-state index in [2.05, 4.69) is 4.90 Å². The van der Waals surface area contributed by atoms with Crippen LogP contribution in [-0.4, -0.2) is 36.2 Å². The van der Waals surface area contributed by atoms with E-state index in [-0.39, 0.29) is 12.0 Å². The first kappa shape index (κ1) is 23.1. The highest BCUT2D eigenvalue weighted by Gasteiger charge is 2.31. The predicted molar refractivity (Wildman–Crippen MR) is 129 cm³/mol. The lowest BCUT2D eigenvalue weighted by Gasteiger charge is -2.37. The van der Waals surface area contributed by atoms with E-state index in [9.17, 15) is 9.90 Å². The number of rotatable bonds is 8. The number of carbonyl (C=O) groups is 1. The van der Waals surface area contributed by atoms with Gasteiger partial charge in [0.1, 0.15) is 6.61 Å². The zero-order valence-electron chi connectivity index (χ0n) is 18.6. The van der Waals surface area contributed by atoms with Gasteiger partial charge in [-0.3, -0.25) is 9.69 Å². The molecule has 6 heteroatoms. The second-order valence-corrected chi connectivity index (χ2v) is 8.75. The standard InChI is InChI=1S/C27H28ClNO4/c1-32-25-16-21(12-13-24(25)33-18-19-7-3-2-4-8-19)26(20-9-5-11-23(28)15-20)29-14-6-10-22(17-29)27(30)31/h2-5,7-9,11-13,15-16,22,26H,6,10,14,17-18H2,1H3,(H,30,31). The third-order valence-electron chi connectivity index (χ3n) is 6.07. The topological polar surface area (TPSA) is 59.0 Å². The summed E-state index contributed by atoms with van der Waals surface area (Å²) in [5.41, 5.74) is 3.11. The summed E-state index contributed by atoms with van der Waals surface area (Å²) in [7, 11) is 1.63. The molecular formula is C27H28ClNO4. The van der Waals surface area contributed by atoms with Crippen LogP contribution in [0.5, 0.6) is 11.5 Å². The Hall–Kier alpha value is -3.02. The molecule has 0 aromatic heterocycles. The fraction of sp³-hybridized carbons (Fsp3) is 0.296. The number of aliphatic carboxylic acids is 1. The summed E-state index contributed by atoms with van der Waals surface area (Å²) in [6.45, 7) is 1.75. The molecule has 0 spiro atoms. The van der Waals surface area contributed by atoms with Crippen LogP contribution < -0.4 is 9.47 Å². The lowest BCUT2D eigenvalue weighted by molar-refractivity contribution is -0.143. The quantitative estimate of drug-likeness (QED) is 0.454. The number of benzene rings is 3. The number of likely N-dealkylation sites (tertiary alicyclic amines) is 1. The van der Waals surface area contributed by atoms with Gasteiger partial charge in [-0.1, -0.05) is 60.1 Å². The maximum absolute atomic E-state index is 11.7. The van der Waals surface area contributed by atoms with E-state index in [0.717, 1.165) is 29.7 Å². The second-order valence-electron chi connectivity index (χ2n) is 8.31. The van der Waals surface area contributed by atoms with Gasteiger partial charge < -0.3 is 14.6 Å². The zero-order valence-corrected chi connectivity index (χ0v) is 19.4. The Balaban J connectivity index is 1.65. The minimum absolute atomic E-state index is 0.136. The van der Waals surface area contributed by atoms with Crippen molar-refractivity contribution in [1.82, 2.24) is 4.90 Å². The molecule has 5 nitrogen and oxygen atoms in total. The summed E-state index contributed by atoms with van der Waals surface area (Å²) < 4.78 is 11.7.